The fraction of sp³-hybridized carbons (Fsp3) is 0.500. The summed E-state index contributed by atoms with van der Waals surface area (Å²) in [7, 11) is 2.01. The zero-order valence-electron chi connectivity index (χ0n) is 13.5. The second-order valence-electron chi connectivity index (χ2n) is 7.00. The lowest BCUT2D eigenvalue weighted by Gasteiger charge is -2.26. The molecule has 0 aliphatic carbocycles. The highest BCUT2D eigenvalue weighted by molar-refractivity contribution is 5.25. The Hall–Kier alpha value is -1.61. The van der Waals surface area contributed by atoms with Gasteiger partial charge in [-0.2, -0.15) is 5.10 Å². The Labute approximate surface area is 127 Å². The number of aryl methyl sites for hydroxylation is 1. The van der Waals surface area contributed by atoms with Crippen molar-refractivity contribution in [2.45, 2.75) is 33.2 Å². The molecule has 21 heavy (non-hydrogen) atoms. The van der Waals surface area contributed by atoms with E-state index in [0.717, 1.165) is 19.6 Å². The van der Waals surface area contributed by atoms with Crippen molar-refractivity contribution in [3.8, 4) is 0 Å². The summed E-state index contributed by atoms with van der Waals surface area (Å²) in [5.41, 5.74) is 4.41. The van der Waals surface area contributed by atoms with Gasteiger partial charge in [0.1, 0.15) is 0 Å². The molecule has 3 heteroatoms. The molecule has 0 radical (unpaired) electrons. The van der Waals surface area contributed by atoms with Crippen molar-refractivity contribution in [1.82, 2.24) is 14.7 Å². The normalized spacial score (nSPS) is 21.8. The molecule has 1 fully saturated rings. The lowest BCUT2D eigenvalue weighted by Crippen LogP contribution is -2.23. The lowest BCUT2D eigenvalue weighted by atomic mass is 9.78. The van der Waals surface area contributed by atoms with E-state index < -0.39 is 0 Å². The molecular weight excluding hydrogens is 258 g/mol. The van der Waals surface area contributed by atoms with Crippen molar-refractivity contribution >= 4 is 0 Å². The van der Waals surface area contributed by atoms with Crippen LogP contribution in [0.5, 0.6) is 0 Å². The Morgan fingerprint density at radius 2 is 1.95 bits per heavy atom. The largest absolute Gasteiger partial charge is 0.298 e. The van der Waals surface area contributed by atoms with Gasteiger partial charge in [0.25, 0.3) is 0 Å². The van der Waals surface area contributed by atoms with Crippen LogP contribution in [0.25, 0.3) is 0 Å². The van der Waals surface area contributed by atoms with E-state index in [1.54, 1.807) is 0 Å². The van der Waals surface area contributed by atoms with Crippen LogP contribution in [0.1, 0.15) is 36.6 Å². The number of benzene rings is 1. The van der Waals surface area contributed by atoms with E-state index in [1.165, 1.54) is 16.8 Å². The summed E-state index contributed by atoms with van der Waals surface area (Å²) in [6, 6.07) is 10.9. The summed E-state index contributed by atoms with van der Waals surface area (Å²) in [6.07, 6.45) is 2.01. The molecule has 3 nitrogen and oxygen atoms in total. The van der Waals surface area contributed by atoms with Crippen molar-refractivity contribution in [3.63, 3.8) is 0 Å². The van der Waals surface area contributed by atoms with Crippen LogP contribution in [0, 0.1) is 12.3 Å². The van der Waals surface area contributed by atoms with E-state index in [-0.39, 0.29) is 0 Å². The number of likely N-dealkylation sites (tertiary alicyclic amines) is 1. The van der Waals surface area contributed by atoms with Crippen LogP contribution in [0.4, 0.5) is 0 Å². The van der Waals surface area contributed by atoms with Crippen LogP contribution in [0.2, 0.25) is 0 Å². The third kappa shape index (κ3) is 2.75. The summed E-state index contributed by atoms with van der Waals surface area (Å²) in [4.78, 5) is 2.57. The van der Waals surface area contributed by atoms with Crippen molar-refractivity contribution in [2.24, 2.45) is 12.5 Å². The fourth-order valence-corrected chi connectivity index (χ4v) is 3.56. The standard InChI is InChI=1S/C18H25N3/c1-14-16(10-19-20(14)4)11-21-12-17(18(2,3)13-21)15-8-6-5-7-9-15/h5-10,17H,11-13H2,1-4H3/t17-/m0/s1. The molecule has 0 spiro atoms. The van der Waals surface area contributed by atoms with Crippen molar-refractivity contribution < 1.29 is 0 Å². The van der Waals surface area contributed by atoms with Crippen LogP contribution >= 0.6 is 0 Å². The van der Waals surface area contributed by atoms with Crippen molar-refractivity contribution in [2.75, 3.05) is 13.1 Å². The molecule has 0 unspecified atom stereocenters. The van der Waals surface area contributed by atoms with E-state index >= 15 is 0 Å². The van der Waals surface area contributed by atoms with Gasteiger partial charge in [-0.15, -0.1) is 0 Å². The monoisotopic (exact) mass is 283 g/mol. The third-order valence-corrected chi connectivity index (χ3v) is 4.95. The van der Waals surface area contributed by atoms with Gasteiger partial charge in [-0.1, -0.05) is 44.2 Å². The molecule has 0 bridgehead atoms. The second-order valence-corrected chi connectivity index (χ2v) is 7.00. The SMILES string of the molecule is Cc1c(CN2C[C@@H](c3ccccc3)C(C)(C)C2)cnn1C. The van der Waals surface area contributed by atoms with E-state index in [1.807, 2.05) is 17.9 Å². The zero-order valence-corrected chi connectivity index (χ0v) is 13.5. The van der Waals surface area contributed by atoms with Gasteiger partial charge >= 0.3 is 0 Å². The Morgan fingerprint density at radius 3 is 2.57 bits per heavy atom. The van der Waals surface area contributed by atoms with Gasteiger partial charge in [0.15, 0.2) is 0 Å². The van der Waals surface area contributed by atoms with E-state index in [4.69, 9.17) is 0 Å². The first kappa shape index (κ1) is 14.3. The summed E-state index contributed by atoms with van der Waals surface area (Å²) >= 11 is 0. The number of hydrogen-bond donors (Lipinski definition) is 0. The Morgan fingerprint density at radius 1 is 1.24 bits per heavy atom. The minimum Gasteiger partial charge on any atom is -0.298 e. The minimum absolute atomic E-state index is 0.317. The first-order chi connectivity index (χ1) is 9.97. The molecule has 112 valence electrons. The maximum Gasteiger partial charge on any atom is 0.0537 e. The Kier molecular flexibility index (Phi) is 3.62. The zero-order chi connectivity index (χ0) is 15.0. The molecule has 2 heterocycles. The molecule has 0 saturated carbocycles. The average molecular weight is 283 g/mol. The molecule has 1 saturated heterocycles. The maximum atomic E-state index is 4.36. The highest BCUT2D eigenvalue weighted by Crippen LogP contribution is 2.42. The van der Waals surface area contributed by atoms with Crippen molar-refractivity contribution in [3.05, 3.63) is 53.3 Å². The number of rotatable bonds is 3. The highest BCUT2D eigenvalue weighted by atomic mass is 15.3. The topological polar surface area (TPSA) is 21.1 Å². The smallest absolute Gasteiger partial charge is 0.0537 e. The third-order valence-electron chi connectivity index (χ3n) is 4.95. The van der Waals surface area contributed by atoms with Gasteiger partial charge in [0.05, 0.1) is 6.20 Å². The number of nitrogens with zero attached hydrogens (tertiary/aromatic N) is 3. The number of aromatic nitrogens is 2. The first-order valence-corrected chi connectivity index (χ1v) is 7.72. The molecule has 0 N–H and O–H groups in total. The molecule has 2 aromatic rings. The van der Waals surface area contributed by atoms with Crippen LogP contribution < -0.4 is 0 Å². The van der Waals surface area contributed by atoms with Crippen LogP contribution in [-0.4, -0.2) is 27.8 Å². The summed E-state index contributed by atoms with van der Waals surface area (Å²) < 4.78 is 1.96. The van der Waals surface area contributed by atoms with Gasteiger partial charge in [0, 0.05) is 43.9 Å². The van der Waals surface area contributed by atoms with Crippen LogP contribution in [0.3, 0.4) is 0 Å². The van der Waals surface area contributed by atoms with Gasteiger partial charge in [0.2, 0.25) is 0 Å². The minimum atomic E-state index is 0.317. The second kappa shape index (κ2) is 5.30. The highest BCUT2D eigenvalue weighted by Gasteiger charge is 2.40. The Bertz CT molecular complexity index is 613. The summed E-state index contributed by atoms with van der Waals surface area (Å²) in [6.45, 7) is 10.2. The molecule has 1 aliphatic heterocycles. The van der Waals surface area contributed by atoms with Gasteiger partial charge in [-0.3, -0.25) is 9.58 Å². The van der Waals surface area contributed by atoms with Gasteiger partial charge < -0.3 is 0 Å². The predicted octanol–water partition coefficient (Wildman–Crippen LogP) is 3.35. The molecule has 1 aromatic heterocycles. The van der Waals surface area contributed by atoms with E-state index in [9.17, 15) is 0 Å². The van der Waals surface area contributed by atoms with Crippen LogP contribution in [-0.2, 0) is 13.6 Å². The van der Waals surface area contributed by atoms with Gasteiger partial charge in [-0.25, -0.2) is 0 Å². The molecule has 1 aromatic carbocycles. The van der Waals surface area contributed by atoms with Crippen molar-refractivity contribution in [1.29, 1.82) is 0 Å². The van der Waals surface area contributed by atoms with Gasteiger partial charge in [-0.05, 0) is 17.9 Å². The van der Waals surface area contributed by atoms with E-state index in [0.29, 0.717) is 11.3 Å². The Balaban J connectivity index is 1.77. The molecule has 3 rings (SSSR count). The average Bonchev–Trinajstić information content (AvgIpc) is 2.93. The lowest BCUT2D eigenvalue weighted by molar-refractivity contribution is 0.281. The maximum absolute atomic E-state index is 4.36. The van der Waals surface area contributed by atoms with Crippen LogP contribution in [0.15, 0.2) is 36.5 Å². The quantitative estimate of drug-likeness (QED) is 0.861. The fourth-order valence-electron chi connectivity index (χ4n) is 3.56. The number of hydrogen-bond acceptors (Lipinski definition) is 2. The molecule has 0 amide bonds. The molecule has 1 aliphatic rings. The molecular formula is C18H25N3. The first-order valence-electron chi connectivity index (χ1n) is 7.72. The van der Waals surface area contributed by atoms with E-state index in [2.05, 4.69) is 61.1 Å². The summed E-state index contributed by atoms with van der Waals surface area (Å²) in [5.74, 6) is 0.607. The summed E-state index contributed by atoms with van der Waals surface area (Å²) in [5, 5.41) is 4.36. The molecule has 1 atom stereocenters. The predicted molar refractivity (Wildman–Crippen MR) is 86.2 cm³/mol.